The summed E-state index contributed by atoms with van der Waals surface area (Å²) in [5, 5.41) is 7.42. The Hall–Kier alpha value is -1.30. The highest BCUT2D eigenvalue weighted by molar-refractivity contribution is 5.68. The third kappa shape index (κ3) is 8.50. The molecule has 0 aromatic carbocycles. The van der Waals surface area contributed by atoms with Crippen LogP contribution in [0.25, 0.3) is 0 Å². The number of carboxylic acids is 1. The van der Waals surface area contributed by atoms with Gasteiger partial charge in [0.2, 0.25) is 0 Å². The van der Waals surface area contributed by atoms with E-state index in [1.807, 2.05) is 20.8 Å². The number of carboxylic acid groups (broad SMARTS) is 1. The Morgan fingerprint density at radius 3 is 2.18 bits per heavy atom. The van der Waals surface area contributed by atoms with Gasteiger partial charge in [0.05, 0.1) is 0 Å². The second kappa shape index (κ2) is 6.44. The van der Waals surface area contributed by atoms with Crippen molar-refractivity contribution >= 4 is 12.1 Å². The van der Waals surface area contributed by atoms with Gasteiger partial charge in [0.1, 0.15) is 5.60 Å². The lowest BCUT2D eigenvalue weighted by molar-refractivity contribution is -0.134. The lowest BCUT2D eigenvalue weighted by Gasteiger charge is -2.24. The van der Waals surface area contributed by atoms with Gasteiger partial charge in [-0.15, -0.1) is 0 Å². The molecule has 6 heteroatoms. The topological polar surface area (TPSA) is 92.9 Å². The van der Waals surface area contributed by atoms with Crippen molar-refractivity contribution in [3.8, 4) is 0 Å². The largest absolute Gasteiger partial charge is 0.481 e. The zero-order chi connectivity index (χ0) is 13.6. The van der Waals surface area contributed by atoms with Gasteiger partial charge in [-0.1, -0.05) is 0 Å². The smallest absolute Gasteiger partial charge is 0.410 e. The number of nitrogens with two attached hydrogens (primary N) is 1. The number of nitrogens with zero attached hydrogens (tertiary/aromatic N) is 1. The van der Waals surface area contributed by atoms with E-state index in [0.29, 0.717) is 6.54 Å². The van der Waals surface area contributed by atoms with E-state index in [2.05, 4.69) is 0 Å². The molecular formula is C11H22N2O4. The molecule has 0 radical (unpaired) electrons. The highest BCUT2D eigenvalue weighted by Gasteiger charge is 2.27. The van der Waals surface area contributed by atoms with Crippen molar-refractivity contribution in [2.45, 2.75) is 45.8 Å². The molecule has 1 saturated heterocycles. The molecule has 0 aromatic heterocycles. The monoisotopic (exact) mass is 246 g/mol. The molecule has 0 spiro atoms. The fourth-order valence-electron chi connectivity index (χ4n) is 1.28. The summed E-state index contributed by atoms with van der Waals surface area (Å²) in [7, 11) is 0. The molecule has 3 N–H and O–H groups in total. The molecule has 1 aliphatic heterocycles. The molecule has 0 aliphatic carbocycles. The van der Waals surface area contributed by atoms with E-state index in [1.54, 1.807) is 4.90 Å². The Labute approximate surface area is 102 Å². The summed E-state index contributed by atoms with van der Waals surface area (Å²) in [6, 6.07) is 0.118. The number of carbonyl (C=O) groups is 2. The Balaban J connectivity index is 0.000000557. The molecule has 0 bridgehead atoms. The standard InChI is InChI=1S/C9H18N2O2.C2H4O2/c1-9(2,3)13-8(12)11-5-4-7(10)6-11;1-2(3)4/h7H,4-6,10H2,1-3H3;1H3,(H,3,4)/t7-;/m1./s1. The molecule has 100 valence electrons. The normalized spacial score (nSPS) is 19.4. The number of ether oxygens (including phenoxy) is 1. The van der Waals surface area contributed by atoms with Gasteiger partial charge in [0.15, 0.2) is 0 Å². The predicted octanol–water partition coefficient (Wildman–Crippen LogP) is 1.05. The van der Waals surface area contributed by atoms with Gasteiger partial charge in [0, 0.05) is 26.1 Å². The van der Waals surface area contributed by atoms with Crippen LogP contribution in [0.5, 0.6) is 0 Å². The van der Waals surface area contributed by atoms with Crippen LogP contribution in [0.2, 0.25) is 0 Å². The average molecular weight is 246 g/mol. The van der Waals surface area contributed by atoms with E-state index in [1.165, 1.54) is 0 Å². The van der Waals surface area contributed by atoms with E-state index >= 15 is 0 Å². The van der Waals surface area contributed by atoms with Crippen LogP contribution in [0, 0.1) is 0 Å². The van der Waals surface area contributed by atoms with Crippen LogP contribution in [0.15, 0.2) is 0 Å². The van der Waals surface area contributed by atoms with Gasteiger partial charge in [-0.2, -0.15) is 0 Å². The quantitative estimate of drug-likeness (QED) is 0.666. The van der Waals surface area contributed by atoms with Crippen molar-refractivity contribution < 1.29 is 19.4 Å². The van der Waals surface area contributed by atoms with Gasteiger partial charge in [-0.05, 0) is 27.2 Å². The number of aliphatic carboxylic acids is 1. The van der Waals surface area contributed by atoms with Crippen LogP contribution in [0.4, 0.5) is 4.79 Å². The first-order valence-corrected chi connectivity index (χ1v) is 5.55. The maximum absolute atomic E-state index is 11.5. The molecule has 1 heterocycles. The van der Waals surface area contributed by atoms with E-state index < -0.39 is 11.6 Å². The molecular weight excluding hydrogens is 224 g/mol. The summed E-state index contributed by atoms with van der Waals surface area (Å²) in [5.41, 5.74) is 5.26. The number of amides is 1. The average Bonchev–Trinajstić information content (AvgIpc) is 2.47. The van der Waals surface area contributed by atoms with Gasteiger partial charge in [-0.3, -0.25) is 4.79 Å². The first-order chi connectivity index (χ1) is 7.61. The Morgan fingerprint density at radius 2 is 1.88 bits per heavy atom. The molecule has 1 amide bonds. The van der Waals surface area contributed by atoms with Crippen LogP contribution < -0.4 is 5.73 Å². The van der Waals surface area contributed by atoms with E-state index in [0.717, 1.165) is 19.9 Å². The maximum Gasteiger partial charge on any atom is 0.410 e. The zero-order valence-electron chi connectivity index (χ0n) is 10.9. The number of likely N-dealkylation sites (tertiary alicyclic amines) is 1. The molecule has 1 fully saturated rings. The second-order valence-corrected chi connectivity index (χ2v) is 4.99. The van der Waals surface area contributed by atoms with E-state index in [9.17, 15) is 4.79 Å². The Kier molecular flexibility index (Phi) is 5.95. The Morgan fingerprint density at radius 1 is 1.41 bits per heavy atom. The zero-order valence-corrected chi connectivity index (χ0v) is 10.9. The van der Waals surface area contributed by atoms with Crippen LogP contribution in [-0.2, 0) is 9.53 Å². The summed E-state index contributed by atoms with van der Waals surface area (Å²) in [5.74, 6) is -0.833. The lowest BCUT2D eigenvalue weighted by atomic mass is 10.2. The van der Waals surface area contributed by atoms with Crippen molar-refractivity contribution in [3.05, 3.63) is 0 Å². The maximum atomic E-state index is 11.5. The minimum atomic E-state index is -0.833. The molecule has 1 atom stereocenters. The highest BCUT2D eigenvalue weighted by atomic mass is 16.6. The van der Waals surface area contributed by atoms with Gasteiger partial charge in [-0.25, -0.2) is 4.79 Å². The predicted molar refractivity (Wildman–Crippen MR) is 63.7 cm³/mol. The minimum absolute atomic E-state index is 0.118. The fourth-order valence-corrected chi connectivity index (χ4v) is 1.28. The first kappa shape index (κ1) is 15.7. The van der Waals surface area contributed by atoms with Crippen LogP contribution >= 0.6 is 0 Å². The number of hydrogen-bond acceptors (Lipinski definition) is 4. The minimum Gasteiger partial charge on any atom is -0.481 e. The second-order valence-electron chi connectivity index (χ2n) is 4.99. The molecule has 0 aromatic rings. The third-order valence-electron chi connectivity index (χ3n) is 1.88. The number of hydrogen-bond donors (Lipinski definition) is 2. The van der Waals surface area contributed by atoms with Crippen molar-refractivity contribution in [2.24, 2.45) is 5.73 Å². The van der Waals surface area contributed by atoms with Gasteiger partial charge in [0.25, 0.3) is 5.97 Å². The lowest BCUT2D eigenvalue weighted by Crippen LogP contribution is -2.36. The SMILES string of the molecule is CC(=O)O.CC(C)(C)OC(=O)N1CC[C@@H](N)C1. The molecule has 1 aliphatic rings. The highest BCUT2D eigenvalue weighted by Crippen LogP contribution is 2.13. The van der Waals surface area contributed by atoms with Crippen molar-refractivity contribution in [3.63, 3.8) is 0 Å². The van der Waals surface area contributed by atoms with Crippen molar-refractivity contribution in [1.82, 2.24) is 4.90 Å². The summed E-state index contributed by atoms with van der Waals surface area (Å²) < 4.78 is 5.20. The molecule has 0 saturated carbocycles. The number of carbonyl (C=O) groups excluding carboxylic acids is 1. The first-order valence-electron chi connectivity index (χ1n) is 5.55. The van der Waals surface area contributed by atoms with Crippen molar-refractivity contribution in [2.75, 3.05) is 13.1 Å². The van der Waals surface area contributed by atoms with E-state index in [4.69, 9.17) is 20.4 Å². The third-order valence-corrected chi connectivity index (χ3v) is 1.88. The summed E-state index contributed by atoms with van der Waals surface area (Å²) in [6.45, 7) is 8.01. The Bertz CT molecular complexity index is 269. The molecule has 17 heavy (non-hydrogen) atoms. The molecule has 0 unspecified atom stereocenters. The van der Waals surface area contributed by atoms with E-state index in [-0.39, 0.29) is 12.1 Å². The van der Waals surface area contributed by atoms with Crippen LogP contribution in [0.3, 0.4) is 0 Å². The summed E-state index contributed by atoms with van der Waals surface area (Å²) in [4.78, 5) is 22.1. The number of rotatable bonds is 0. The van der Waals surface area contributed by atoms with Crippen LogP contribution in [-0.4, -0.2) is 46.8 Å². The summed E-state index contributed by atoms with van der Waals surface area (Å²) in [6.07, 6.45) is 0.625. The fraction of sp³-hybridized carbons (Fsp3) is 0.818. The molecule has 1 rings (SSSR count). The van der Waals surface area contributed by atoms with Gasteiger partial charge >= 0.3 is 6.09 Å². The van der Waals surface area contributed by atoms with Gasteiger partial charge < -0.3 is 20.5 Å². The van der Waals surface area contributed by atoms with Crippen molar-refractivity contribution in [1.29, 1.82) is 0 Å². The van der Waals surface area contributed by atoms with Crippen LogP contribution in [0.1, 0.15) is 34.1 Å². The summed E-state index contributed by atoms with van der Waals surface area (Å²) >= 11 is 0. The molecule has 6 nitrogen and oxygen atoms in total.